The van der Waals surface area contributed by atoms with Crippen molar-refractivity contribution in [3.8, 4) is 0 Å². The van der Waals surface area contributed by atoms with Gasteiger partial charge in [-0.3, -0.25) is 19.2 Å². The largest absolute Gasteiger partial charge is 0.480 e. The SMILES string of the molecule is CCCCCCCC/C=C\CCCCCC(CCCCCCCCCCCCCCCCCC)C(C(=O)O)(C(=O)CCCCCCCCCCCCC)C(=O)C(CCCCCCCCCCCC)C(=O)CCCCCCCCCCC. The monoisotopic (exact) mass is 1140 g/mol. The highest BCUT2D eigenvalue weighted by molar-refractivity contribution is 6.26. The fourth-order valence-electron chi connectivity index (χ4n) is 13.1. The van der Waals surface area contributed by atoms with Crippen molar-refractivity contribution in [1.29, 1.82) is 0 Å². The van der Waals surface area contributed by atoms with Gasteiger partial charge >= 0.3 is 5.97 Å². The molecule has 478 valence electrons. The van der Waals surface area contributed by atoms with Crippen molar-refractivity contribution in [3.63, 3.8) is 0 Å². The van der Waals surface area contributed by atoms with E-state index in [0.29, 0.717) is 32.1 Å². The number of carboxylic acid groups (broad SMARTS) is 1. The lowest BCUT2D eigenvalue weighted by Crippen LogP contribution is -2.55. The molecule has 0 amide bonds. The third-order valence-corrected chi connectivity index (χ3v) is 18.6. The van der Waals surface area contributed by atoms with Crippen LogP contribution in [0.1, 0.15) is 433 Å². The third kappa shape index (κ3) is 46.2. The number of unbranched alkanes of at least 4 members (excludes halogenated alkanes) is 51. The van der Waals surface area contributed by atoms with E-state index in [9.17, 15) is 14.7 Å². The number of ketones is 3. The van der Waals surface area contributed by atoms with Crippen molar-refractivity contribution in [2.24, 2.45) is 17.3 Å². The van der Waals surface area contributed by atoms with Crippen molar-refractivity contribution in [2.45, 2.75) is 433 Å². The van der Waals surface area contributed by atoms with Gasteiger partial charge in [0.15, 0.2) is 17.0 Å². The number of carbonyl (C=O) groups excluding carboxylic acids is 3. The normalized spacial score (nSPS) is 13.3. The Morgan fingerprint density at radius 3 is 0.827 bits per heavy atom. The molecule has 0 saturated heterocycles. The quantitative estimate of drug-likeness (QED) is 0.0372. The highest BCUT2D eigenvalue weighted by Gasteiger charge is 2.59. The van der Waals surface area contributed by atoms with Crippen LogP contribution in [-0.2, 0) is 19.2 Å². The van der Waals surface area contributed by atoms with Gasteiger partial charge in [-0.2, -0.15) is 0 Å². The minimum Gasteiger partial charge on any atom is -0.480 e. The van der Waals surface area contributed by atoms with Crippen LogP contribution in [0.15, 0.2) is 12.2 Å². The van der Waals surface area contributed by atoms with Crippen molar-refractivity contribution < 1.29 is 24.3 Å². The minimum absolute atomic E-state index is 0.0964. The molecule has 0 fully saturated rings. The molecule has 3 unspecified atom stereocenters. The molecule has 0 aliphatic rings. The number of allylic oxidation sites excluding steroid dienone is 2. The van der Waals surface area contributed by atoms with Crippen molar-refractivity contribution in [1.82, 2.24) is 0 Å². The van der Waals surface area contributed by atoms with E-state index in [2.05, 4.69) is 46.8 Å². The molecule has 1 N–H and O–H groups in total. The van der Waals surface area contributed by atoms with Crippen molar-refractivity contribution in [3.05, 3.63) is 12.2 Å². The van der Waals surface area contributed by atoms with Gasteiger partial charge in [-0.05, 0) is 63.7 Å². The Hall–Kier alpha value is -1.78. The zero-order chi connectivity index (χ0) is 59.2. The van der Waals surface area contributed by atoms with Crippen LogP contribution in [0.2, 0.25) is 0 Å². The molecule has 0 heterocycles. The molecule has 0 spiro atoms. The highest BCUT2D eigenvalue weighted by Crippen LogP contribution is 2.43. The van der Waals surface area contributed by atoms with Gasteiger partial charge in [0.1, 0.15) is 5.78 Å². The number of aliphatic carboxylic acids is 1. The van der Waals surface area contributed by atoms with Crippen LogP contribution < -0.4 is 0 Å². The molecule has 0 radical (unpaired) electrons. The lowest BCUT2D eigenvalue weighted by atomic mass is 9.61. The van der Waals surface area contributed by atoms with E-state index in [-0.39, 0.29) is 18.0 Å². The second kappa shape index (κ2) is 62.7. The maximum atomic E-state index is 15.9. The molecule has 5 nitrogen and oxygen atoms in total. The molecular weight excluding hydrogens is 993 g/mol. The van der Waals surface area contributed by atoms with Gasteiger partial charge in [0.05, 0.1) is 5.92 Å². The third-order valence-electron chi connectivity index (χ3n) is 18.6. The Labute approximate surface area is 507 Å². The fourth-order valence-corrected chi connectivity index (χ4v) is 13.1. The van der Waals surface area contributed by atoms with Crippen LogP contribution in [0.3, 0.4) is 0 Å². The first kappa shape index (κ1) is 79.2. The average molecular weight is 1140 g/mol. The van der Waals surface area contributed by atoms with Gasteiger partial charge in [-0.25, -0.2) is 0 Å². The van der Waals surface area contributed by atoms with E-state index in [1.54, 1.807) is 0 Å². The maximum Gasteiger partial charge on any atom is 0.325 e. The first-order chi connectivity index (χ1) is 39.8. The van der Waals surface area contributed by atoms with Gasteiger partial charge in [-0.1, -0.05) is 374 Å². The first-order valence-corrected chi connectivity index (χ1v) is 37.3. The van der Waals surface area contributed by atoms with Crippen LogP contribution in [0.25, 0.3) is 0 Å². The van der Waals surface area contributed by atoms with E-state index in [1.807, 2.05) is 0 Å². The molecule has 0 rings (SSSR count). The van der Waals surface area contributed by atoms with E-state index >= 15 is 9.59 Å². The number of hydrogen-bond donors (Lipinski definition) is 1. The summed E-state index contributed by atoms with van der Waals surface area (Å²) in [5, 5.41) is 11.8. The molecule has 81 heavy (non-hydrogen) atoms. The van der Waals surface area contributed by atoms with Crippen LogP contribution in [0.5, 0.6) is 0 Å². The van der Waals surface area contributed by atoms with Crippen molar-refractivity contribution >= 4 is 23.3 Å². The summed E-state index contributed by atoms with van der Waals surface area (Å²) in [7, 11) is 0. The van der Waals surface area contributed by atoms with E-state index in [4.69, 9.17) is 0 Å². The number of carbonyl (C=O) groups is 4. The molecule has 0 bridgehead atoms. The van der Waals surface area contributed by atoms with Gasteiger partial charge in [-0.15, -0.1) is 0 Å². The maximum absolute atomic E-state index is 15.9. The van der Waals surface area contributed by atoms with E-state index < -0.39 is 29.0 Å². The Morgan fingerprint density at radius 2 is 0.531 bits per heavy atom. The second-order valence-electron chi connectivity index (χ2n) is 26.2. The van der Waals surface area contributed by atoms with Crippen LogP contribution in [0.4, 0.5) is 0 Å². The Morgan fingerprint density at radius 1 is 0.296 bits per heavy atom. The molecule has 0 aromatic rings. The fraction of sp³-hybridized carbons (Fsp3) is 0.921. The predicted octanol–water partition coefficient (Wildman–Crippen LogP) is 25.8. The standard InChI is InChI=1S/C76H144O5/c1-6-11-16-21-26-31-35-37-38-39-41-44-47-51-56-61-66-70(65-60-55-50-46-43-40-36-32-27-22-17-12-7-2)76(75(80)81,73(78)69-64-59-54-49-42-33-28-23-18-13-8-3)74(79)71(67-62-57-52-48-34-29-24-19-14-9-4)72(77)68-63-58-53-45-30-25-20-15-10-5/h40,43,70-71H,6-39,41-42,44-69H2,1-5H3,(H,80,81)/b43-40-. The van der Waals surface area contributed by atoms with Gasteiger partial charge in [0.2, 0.25) is 0 Å². The van der Waals surface area contributed by atoms with E-state index in [1.165, 1.54) is 244 Å². The summed E-state index contributed by atoms with van der Waals surface area (Å²) >= 11 is 0. The Bertz CT molecular complexity index is 1380. The zero-order valence-corrected chi connectivity index (χ0v) is 55.7. The number of hydrogen-bond acceptors (Lipinski definition) is 4. The van der Waals surface area contributed by atoms with Gasteiger partial charge in [0, 0.05) is 12.8 Å². The molecule has 0 saturated carbocycles. The lowest BCUT2D eigenvalue weighted by molar-refractivity contribution is -0.167. The van der Waals surface area contributed by atoms with Gasteiger partial charge < -0.3 is 5.11 Å². The van der Waals surface area contributed by atoms with Gasteiger partial charge in [0.25, 0.3) is 0 Å². The number of Topliss-reactive ketones (excluding diaryl/α,β-unsaturated/α-hetero) is 3. The summed E-state index contributed by atoms with van der Waals surface area (Å²) in [4.78, 5) is 60.4. The molecular formula is C76H144O5. The topological polar surface area (TPSA) is 88.5 Å². The summed E-state index contributed by atoms with van der Waals surface area (Å²) < 4.78 is 0. The Kier molecular flexibility index (Phi) is 61.4. The second-order valence-corrected chi connectivity index (χ2v) is 26.2. The molecule has 0 aliphatic heterocycles. The smallest absolute Gasteiger partial charge is 0.325 e. The molecule has 0 aromatic heterocycles. The van der Waals surface area contributed by atoms with Crippen LogP contribution in [0, 0.1) is 17.3 Å². The first-order valence-electron chi connectivity index (χ1n) is 37.3. The lowest BCUT2D eigenvalue weighted by Gasteiger charge is -2.37. The number of carboxylic acids is 1. The predicted molar refractivity (Wildman–Crippen MR) is 356 cm³/mol. The summed E-state index contributed by atoms with van der Waals surface area (Å²) in [6.07, 6.45) is 74.1. The van der Waals surface area contributed by atoms with Crippen LogP contribution in [-0.4, -0.2) is 28.4 Å². The van der Waals surface area contributed by atoms with Crippen molar-refractivity contribution in [2.75, 3.05) is 0 Å². The highest BCUT2D eigenvalue weighted by atomic mass is 16.4. The summed E-state index contributed by atoms with van der Waals surface area (Å²) in [5.41, 5.74) is -2.16. The molecule has 0 aliphatic carbocycles. The molecule has 0 aromatic carbocycles. The van der Waals surface area contributed by atoms with Crippen LogP contribution >= 0.6 is 0 Å². The number of rotatable bonds is 69. The summed E-state index contributed by atoms with van der Waals surface area (Å²) in [5.74, 6) is -3.88. The minimum atomic E-state index is -2.16. The molecule has 5 heteroatoms. The average Bonchev–Trinajstić information content (AvgIpc) is 3.61. The summed E-state index contributed by atoms with van der Waals surface area (Å²) in [6, 6.07) is 0. The zero-order valence-electron chi connectivity index (χ0n) is 55.7. The van der Waals surface area contributed by atoms with E-state index in [0.717, 1.165) is 116 Å². The molecule has 3 atom stereocenters. The summed E-state index contributed by atoms with van der Waals surface area (Å²) in [6.45, 7) is 11.3. The Balaban J connectivity index is 6.53.